The van der Waals surface area contributed by atoms with E-state index in [-0.39, 0.29) is 18.1 Å². The fourth-order valence-corrected chi connectivity index (χ4v) is 2.73. The first-order valence-electron chi connectivity index (χ1n) is 6.68. The number of methoxy groups -OCH3 is 1. The quantitative estimate of drug-likeness (QED) is 0.924. The van der Waals surface area contributed by atoms with Crippen molar-refractivity contribution in [3.8, 4) is 0 Å². The highest BCUT2D eigenvalue weighted by molar-refractivity contribution is 6.30. The van der Waals surface area contributed by atoms with Crippen LogP contribution in [0.5, 0.6) is 0 Å². The first-order chi connectivity index (χ1) is 9.11. The molecule has 1 saturated heterocycles. The van der Waals surface area contributed by atoms with Gasteiger partial charge in [-0.1, -0.05) is 30.7 Å². The lowest BCUT2D eigenvalue weighted by molar-refractivity contribution is -0.171. The Hall–Kier alpha value is -0.610. The van der Waals surface area contributed by atoms with E-state index in [0.717, 1.165) is 17.9 Å². The zero-order valence-corrected chi connectivity index (χ0v) is 12.1. The molecule has 3 nitrogen and oxygen atoms in total. The Bertz CT molecular complexity index is 393. The molecule has 0 spiro atoms. The minimum Gasteiger partial charge on any atom is -0.388 e. The maximum atomic E-state index is 10.3. The smallest absolute Gasteiger partial charge is 0.107 e. The average Bonchev–Trinajstić information content (AvgIpc) is 2.40. The van der Waals surface area contributed by atoms with E-state index in [2.05, 4.69) is 0 Å². The van der Waals surface area contributed by atoms with Crippen LogP contribution in [-0.4, -0.2) is 37.1 Å². The van der Waals surface area contributed by atoms with Crippen LogP contribution >= 0.6 is 11.6 Å². The van der Waals surface area contributed by atoms with Gasteiger partial charge in [-0.15, -0.1) is 0 Å². The summed E-state index contributed by atoms with van der Waals surface area (Å²) in [6, 6.07) is 7.78. The zero-order chi connectivity index (χ0) is 13.8. The highest BCUT2D eigenvalue weighted by Gasteiger charge is 2.37. The summed E-state index contributed by atoms with van der Waals surface area (Å²) in [5.74, 6) is 0.229. The van der Waals surface area contributed by atoms with Crippen molar-refractivity contribution in [3.05, 3.63) is 34.9 Å². The molecule has 0 aliphatic carbocycles. The van der Waals surface area contributed by atoms with E-state index in [9.17, 15) is 5.11 Å². The molecule has 4 atom stereocenters. The number of hydrogen-bond acceptors (Lipinski definition) is 3. The Morgan fingerprint density at radius 2 is 2.05 bits per heavy atom. The topological polar surface area (TPSA) is 38.7 Å². The summed E-state index contributed by atoms with van der Waals surface area (Å²) in [6.07, 6.45) is 0.806. The van der Waals surface area contributed by atoms with Crippen LogP contribution in [0.1, 0.15) is 18.9 Å². The summed E-state index contributed by atoms with van der Waals surface area (Å²) in [6.45, 7) is 2.67. The van der Waals surface area contributed by atoms with Crippen molar-refractivity contribution in [1.82, 2.24) is 0 Å². The molecule has 1 aromatic rings. The van der Waals surface area contributed by atoms with Gasteiger partial charge in [0.2, 0.25) is 0 Å². The van der Waals surface area contributed by atoms with Crippen molar-refractivity contribution in [3.63, 3.8) is 0 Å². The molecule has 2 rings (SSSR count). The van der Waals surface area contributed by atoms with Gasteiger partial charge in [0.05, 0.1) is 18.8 Å². The third-order valence-corrected chi connectivity index (χ3v) is 4.01. The van der Waals surface area contributed by atoms with Crippen LogP contribution in [0.3, 0.4) is 0 Å². The van der Waals surface area contributed by atoms with Crippen molar-refractivity contribution >= 4 is 11.6 Å². The standard InChI is InChI=1S/C15H21ClO3/c1-10-9-19-13(14(17)15(10)18-2)8-5-11-3-6-12(16)7-4-11/h3-4,6-7,10,13-15,17H,5,8-9H2,1-2H3/t10-,13-,14+,15-/m0/s1. The summed E-state index contributed by atoms with van der Waals surface area (Å²) in [4.78, 5) is 0. The van der Waals surface area contributed by atoms with Crippen LogP contribution in [0.25, 0.3) is 0 Å². The molecule has 0 aromatic heterocycles. The highest BCUT2D eigenvalue weighted by Crippen LogP contribution is 2.25. The largest absolute Gasteiger partial charge is 0.388 e. The van der Waals surface area contributed by atoms with Gasteiger partial charge in [-0.2, -0.15) is 0 Å². The van der Waals surface area contributed by atoms with E-state index in [1.54, 1.807) is 7.11 Å². The van der Waals surface area contributed by atoms with E-state index in [4.69, 9.17) is 21.1 Å². The van der Waals surface area contributed by atoms with Crippen molar-refractivity contribution < 1.29 is 14.6 Å². The lowest BCUT2D eigenvalue weighted by atomic mass is 9.91. The highest BCUT2D eigenvalue weighted by atomic mass is 35.5. The maximum absolute atomic E-state index is 10.3. The van der Waals surface area contributed by atoms with Gasteiger partial charge in [-0.25, -0.2) is 0 Å². The molecular weight excluding hydrogens is 264 g/mol. The van der Waals surface area contributed by atoms with Crippen LogP contribution in [0.2, 0.25) is 5.02 Å². The molecule has 106 valence electrons. The van der Waals surface area contributed by atoms with Crippen molar-refractivity contribution in [2.24, 2.45) is 5.92 Å². The number of benzene rings is 1. The molecule has 1 heterocycles. The Morgan fingerprint density at radius 3 is 2.68 bits per heavy atom. The van der Waals surface area contributed by atoms with Crippen LogP contribution in [-0.2, 0) is 15.9 Å². The number of aryl methyl sites for hydroxylation is 1. The molecule has 0 unspecified atom stereocenters. The second-order valence-corrected chi connectivity index (χ2v) is 5.64. The van der Waals surface area contributed by atoms with E-state index in [1.807, 2.05) is 31.2 Å². The number of aliphatic hydroxyl groups is 1. The average molecular weight is 285 g/mol. The molecule has 19 heavy (non-hydrogen) atoms. The van der Waals surface area contributed by atoms with Crippen LogP contribution in [0.4, 0.5) is 0 Å². The second-order valence-electron chi connectivity index (χ2n) is 5.21. The fourth-order valence-electron chi connectivity index (χ4n) is 2.60. The summed E-state index contributed by atoms with van der Waals surface area (Å²) in [5.41, 5.74) is 1.20. The summed E-state index contributed by atoms with van der Waals surface area (Å²) < 4.78 is 11.1. The van der Waals surface area contributed by atoms with Gasteiger partial charge in [0.25, 0.3) is 0 Å². The summed E-state index contributed by atoms with van der Waals surface area (Å²) in [7, 11) is 1.64. The predicted octanol–water partition coefficient (Wildman–Crippen LogP) is 2.68. The predicted molar refractivity (Wildman–Crippen MR) is 75.5 cm³/mol. The van der Waals surface area contributed by atoms with Gasteiger partial charge in [-0.3, -0.25) is 0 Å². The van der Waals surface area contributed by atoms with E-state index >= 15 is 0 Å². The fraction of sp³-hybridized carbons (Fsp3) is 0.600. The molecule has 0 saturated carbocycles. The van der Waals surface area contributed by atoms with Crippen LogP contribution in [0, 0.1) is 5.92 Å². The minimum atomic E-state index is -0.555. The van der Waals surface area contributed by atoms with Crippen molar-refractivity contribution in [2.75, 3.05) is 13.7 Å². The molecule has 1 aliphatic heterocycles. The minimum absolute atomic E-state index is 0.135. The molecule has 0 radical (unpaired) electrons. The number of hydrogen-bond donors (Lipinski definition) is 1. The van der Waals surface area contributed by atoms with E-state index < -0.39 is 6.10 Å². The lowest BCUT2D eigenvalue weighted by Crippen LogP contribution is -2.50. The Labute approximate surface area is 119 Å². The molecular formula is C15H21ClO3. The number of ether oxygens (including phenoxy) is 2. The summed E-state index contributed by atoms with van der Waals surface area (Å²) >= 11 is 5.86. The third kappa shape index (κ3) is 3.69. The molecule has 1 aliphatic rings. The van der Waals surface area contributed by atoms with E-state index in [1.165, 1.54) is 5.56 Å². The van der Waals surface area contributed by atoms with Gasteiger partial charge in [0.15, 0.2) is 0 Å². The SMILES string of the molecule is CO[C@@H]1[C@H](O)[C@H](CCc2ccc(Cl)cc2)OC[C@@H]1C. The second kappa shape index (κ2) is 6.71. The molecule has 0 bridgehead atoms. The van der Waals surface area contributed by atoms with Crippen molar-refractivity contribution in [1.29, 1.82) is 0 Å². The molecule has 4 heteroatoms. The molecule has 1 N–H and O–H groups in total. The summed E-state index contributed by atoms with van der Waals surface area (Å²) in [5, 5.41) is 11.0. The molecule has 1 fully saturated rings. The van der Waals surface area contributed by atoms with Gasteiger partial charge >= 0.3 is 0 Å². The van der Waals surface area contributed by atoms with Gasteiger partial charge in [0, 0.05) is 18.1 Å². The van der Waals surface area contributed by atoms with Crippen LogP contribution in [0.15, 0.2) is 24.3 Å². The van der Waals surface area contributed by atoms with Gasteiger partial charge in [-0.05, 0) is 30.5 Å². The first-order valence-corrected chi connectivity index (χ1v) is 7.06. The Kier molecular flexibility index (Phi) is 5.22. The van der Waals surface area contributed by atoms with Gasteiger partial charge < -0.3 is 14.6 Å². The van der Waals surface area contributed by atoms with Crippen molar-refractivity contribution in [2.45, 2.75) is 38.1 Å². The van der Waals surface area contributed by atoms with Gasteiger partial charge in [0.1, 0.15) is 6.10 Å². The normalized spacial score (nSPS) is 31.4. The zero-order valence-electron chi connectivity index (χ0n) is 11.4. The number of halogens is 1. The maximum Gasteiger partial charge on any atom is 0.107 e. The third-order valence-electron chi connectivity index (χ3n) is 3.75. The number of rotatable bonds is 4. The monoisotopic (exact) mass is 284 g/mol. The number of aliphatic hydroxyl groups excluding tert-OH is 1. The van der Waals surface area contributed by atoms with E-state index in [0.29, 0.717) is 6.61 Å². The first kappa shape index (κ1) is 14.8. The Morgan fingerprint density at radius 1 is 1.37 bits per heavy atom. The molecule has 1 aromatic carbocycles. The molecule has 0 amide bonds. The van der Waals surface area contributed by atoms with Crippen LogP contribution < -0.4 is 0 Å². The lowest BCUT2D eigenvalue weighted by Gasteiger charge is -2.38. The Balaban J connectivity index is 1.90.